The number of hydrogen-bond acceptors (Lipinski definition) is 2. The lowest BCUT2D eigenvalue weighted by atomic mass is 9.93. The second kappa shape index (κ2) is 3.99. The highest BCUT2D eigenvalue weighted by Gasteiger charge is 2.49. The van der Waals surface area contributed by atoms with E-state index in [1.807, 2.05) is 43.9 Å². The molecule has 3 atom stereocenters. The summed E-state index contributed by atoms with van der Waals surface area (Å²) < 4.78 is 6.03. The average Bonchev–Trinajstić information content (AvgIpc) is 2.61. The van der Waals surface area contributed by atoms with Gasteiger partial charge < -0.3 is 9.64 Å². The van der Waals surface area contributed by atoms with E-state index >= 15 is 0 Å². The van der Waals surface area contributed by atoms with Crippen LogP contribution in [0, 0.1) is 5.41 Å². The van der Waals surface area contributed by atoms with Crippen LogP contribution in [0.2, 0.25) is 0 Å². The van der Waals surface area contributed by atoms with Crippen molar-refractivity contribution in [2.45, 2.75) is 52.3 Å². The minimum absolute atomic E-state index is 0.131. The summed E-state index contributed by atoms with van der Waals surface area (Å²) in [6.45, 7) is 8.05. The summed E-state index contributed by atoms with van der Waals surface area (Å²) in [6.07, 6.45) is 1.05. The van der Waals surface area contributed by atoms with Crippen LogP contribution in [0.5, 0.6) is 5.75 Å². The van der Waals surface area contributed by atoms with E-state index < -0.39 is 0 Å². The number of nitrogens with zero attached hydrogens (tertiary/aromatic N) is 1. The van der Waals surface area contributed by atoms with Crippen LogP contribution in [0.4, 0.5) is 0 Å². The van der Waals surface area contributed by atoms with Crippen LogP contribution in [0.25, 0.3) is 0 Å². The standard InChI is InChI=1S/C16H21NO2/c1-10-14-9-12(17(10)15(18)16(2,3)4)11-7-5-6-8-13(11)19-14/h5-8,10,12,14H,9H2,1-4H3/t10-,12+,14+/m1/s1. The van der Waals surface area contributed by atoms with Crippen molar-refractivity contribution < 1.29 is 9.53 Å². The van der Waals surface area contributed by atoms with Crippen molar-refractivity contribution in [3.05, 3.63) is 29.8 Å². The van der Waals surface area contributed by atoms with Gasteiger partial charge >= 0.3 is 0 Å². The van der Waals surface area contributed by atoms with Crippen LogP contribution in [0.1, 0.15) is 45.7 Å². The fraction of sp³-hybridized carbons (Fsp3) is 0.562. The van der Waals surface area contributed by atoms with E-state index in [-0.39, 0.29) is 29.5 Å². The van der Waals surface area contributed by atoms with Gasteiger partial charge in [0.15, 0.2) is 0 Å². The number of ether oxygens (including phenoxy) is 1. The molecule has 3 rings (SSSR count). The van der Waals surface area contributed by atoms with Gasteiger partial charge in [0.25, 0.3) is 0 Å². The molecule has 2 heterocycles. The van der Waals surface area contributed by atoms with Crippen LogP contribution in [-0.4, -0.2) is 23.0 Å². The number of benzene rings is 1. The molecular weight excluding hydrogens is 238 g/mol. The lowest BCUT2D eigenvalue weighted by Gasteiger charge is -2.33. The van der Waals surface area contributed by atoms with E-state index in [1.54, 1.807) is 0 Å². The molecule has 1 amide bonds. The SMILES string of the molecule is C[C@@H]1[C@@H]2C[C@@H](c3ccccc3O2)N1C(=O)C(C)(C)C. The zero-order chi connectivity index (χ0) is 13.8. The molecule has 102 valence electrons. The second-order valence-corrected chi connectivity index (χ2v) is 6.65. The maximum absolute atomic E-state index is 12.7. The molecule has 3 heteroatoms. The number of fused-ring (bicyclic) bond motifs is 4. The molecule has 2 aliphatic heterocycles. The Kier molecular flexibility index (Phi) is 2.63. The molecule has 2 aliphatic rings. The van der Waals surface area contributed by atoms with Crippen molar-refractivity contribution in [1.29, 1.82) is 0 Å². The molecule has 0 saturated carbocycles. The van der Waals surface area contributed by atoms with Gasteiger partial charge in [0, 0.05) is 17.4 Å². The Hall–Kier alpha value is -1.51. The topological polar surface area (TPSA) is 29.5 Å². The van der Waals surface area contributed by atoms with Gasteiger partial charge in [0.05, 0.1) is 12.1 Å². The fourth-order valence-electron chi connectivity index (χ4n) is 3.16. The molecule has 1 saturated heterocycles. The molecule has 3 nitrogen and oxygen atoms in total. The number of carbonyl (C=O) groups is 1. The monoisotopic (exact) mass is 259 g/mol. The molecule has 0 unspecified atom stereocenters. The molecular formula is C16H21NO2. The summed E-state index contributed by atoms with van der Waals surface area (Å²) in [5.41, 5.74) is 0.807. The first-order valence-electron chi connectivity index (χ1n) is 6.98. The third kappa shape index (κ3) is 1.83. The van der Waals surface area contributed by atoms with Crippen LogP contribution < -0.4 is 4.74 Å². The van der Waals surface area contributed by atoms with Gasteiger partial charge in [-0.15, -0.1) is 0 Å². The third-order valence-corrected chi connectivity index (χ3v) is 4.20. The largest absolute Gasteiger partial charge is 0.488 e. The van der Waals surface area contributed by atoms with Gasteiger partial charge in [-0.25, -0.2) is 0 Å². The smallest absolute Gasteiger partial charge is 0.228 e. The van der Waals surface area contributed by atoms with E-state index in [4.69, 9.17) is 4.74 Å². The van der Waals surface area contributed by atoms with Crippen LogP contribution >= 0.6 is 0 Å². The minimum atomic E-state index is -0.347. The van der Waals surface area contributed by atoms with Crippen molar-refractivity contribution in [3.63, 3.8) is 0 Å². The summed E-state index contributed by atoms with van der Waals surface area (Å²) in [7, 11) is 0. The second-order valence-electron chi connectivity index (χ2n) is 6.65. The highest BCUT2D eigenvalue weighted by molar-refractivity contribution is 5.83. The Labute approximate surface area is 114 Å². The fourth-order valence-corrected chi connectivity index (χ4v) is 3.16. The van der Waals surface area contributed by atoms with Gasteiger partial charge in [0.1, 0.15) is 11.9 Å². The summed E-state index contributed by atoms with van der Waals surface area (Å²) in [5.74, 6) is 1.16. The van der Waals surface area contributed by atoms with Gasteiger partial charge in [-0.05, 0) is 13.0 Å². The average molecular weight is 259 g/mol. The molecule has 0 radical (unpaired) electrons. The summed E-state index contributed by atoms with van der Waals surface area (Å²) >= 11 is 0. The van der Waals surface area contributed by atoms with E-state index in [1.165, 1.54) is 0 Å². The van der Waals surface area contributed by atoms with Crippen LogP contribution in [0.15, 0.2) is 24.3 Å². The Morgan fingerprint density at radius 1 is 1.32 bits per heavy atom. The zero-order valence-corrected chi connectivity index (χ0v) is 12.0. The molecule has 0 aliphatic carbocycles. The number of likely N-dealkylation sites (tertiary alicyclic amines) is 1. The highest BCUT2D eigenvalue weighted by Crippen LogP contribution is 2.47. The minimum Gasteiger partial charge on any atom is -0.488 e. The van der Waals surface area contributed by atoms with E-state index in [0.717, 1.165) is 17.7 Å². The van der Waals surface area contributed by atoms with Gasteiger partial charge in [-0.1, -0.05) is 39.0 Å². The maximum atomic E-state index is 12.7. The maximum Gasteiger partial charge on any atom is 0.228 e. The number of para-hydroxylation sites is 1. The predicted octanol–water partition coefficient (Wildman–Crippen LogP) is 3.16. The molecule has 1 fully saturated rings. The number of rotatable bonds is 0. The molecule has 2 bridgehead atoms. The zero-order valence-electron chi connectivity index (χ0n) is 12.0. The summed E-state index contributed by atoms with van der Waals surface area (Å²) in [4.78, 5) is 14.7. The van der Waals surface area contributed by atoms with Crippen molar-refractivity contribution in [3.8, 4) is 5.75 Å². The lowest BCUT2D eigenvalue weighted by molar-refractivity contribution is -0.142. The quantitative estimate of drug-likeness (QED) is 0.716. The third-order valence-electron chi connectivity index (χ3n) is 4.20. The summed E-state index contributed by atoms with van der Waals surface area (Å²) in [6, 6.07) is 8.42. The van der Waals surface area contributed by atoms with E-state index in [2.05, 4.69) is 13.0 Å². The Bertz CT molecular complexity index is 518. The van der Waals surface area contributed by atoms with Gasteiger partial charge in [-0.3, -0.25) is 4.79 Å². The van der Waals surface area contributed by atoms with Gasteiger partial charge in [0.2, 0.25) is 5.91 Å². The van der Waals surface area contributed by atoms with E-state index in [9.17, 15) is 4.79 Å². The summed E-state index contributed by atoms with van der Waals surface area (Å²) in [5, 5.41) is 0. The molecule has 19 heavy (non-hydrogen) atoms. The molecule has 0 spiro atoms. The molecule has 0 N–H and O–H groups in total. The Balaban J connectivity index is 2.02. The van der Waals surface area contributed by atoms with Crippen molar-refractivity contribution in [1.82, 2.24) is 4.90 Å². The van der Waals surface area contributed by atoms with Gasteiger partial charge in [-0.2, -0.15) is 0 Å². The molecule has 1 aromatic carbocycles. The normalized spacial score (nSPS) is 28.8. The molecule has 1 aromatic rings. The van der Waals surface area contributed by atoms with Crippen molar-refractivity contribution >= 4 is 5.91 Å². The molecule has 0 aromatic heterocycles. The number of carbonyl (C=O) groups excluding carboxylic acids is 1. The number of amides is 1. The lowest BCUT2D eigenvalue weighted by Crippen LogP contribution is -2.44. The van der Waals surface area contributed by atoms with Crippen LogP contribution in [-0.2, 0) is 4.79 Å². The van der Waals surface area contributed by atoms with E-state index in [0.29, 0.717) is 0 Å². The first kappa shape index (κ1) is 12.5. The Morgan fingerprint density at radius 3 is 2.68 bits per heavy atom. The first-order valence-corrected chi connectivity index (χ1v) is 6.98. The Morgan fingerprint density at radius 2 is 2.00 bits per heavy atom. The first-order chi connectivity index (χ1) is 8.89. The number of hydrogen-bond donors (Lipinski definition) is 0. The van der Waals surface area contributed by atoms with Crippen molar-refractivity contribution in [2.75, 3.05) is 0 Å². The highest BCUT2D eigenvalue weighted by atomic mass is 16.5. The van der Waals surface area contributed by atoms with Crippen molar-refractivity contribution in [2.24, 2.45) is 5.41 Å². The van der Waals surface area contributed by atoms with Crippen LogP contribution in [0.3, 0.4) is 0 Å². The predicted molar refractivity (Wildman–Crippen MR) is 74.0 cm³/mol.